The highest BCUT2D eigenvalue weighted by atomic mass is 16.5. The molecule has 0 bridgehead atoms. The lowest BCUT2D eigenvalue weighted by atomic mass is 10.0. The minimum absolute atomic E-state index is 0.0501. The van der Waals surface area contributed by atoms with Crippen molar-refractivity contribution in [1.82, 2.24) is 25.0 Å². The molecule has 7 nitrogen and oxygen atoms in total. The van der Waals surface area contributed by atoms with Crippen LogP contribution in [0.25, 0.3) is 11.3 Å². The Kier molecular flexibility index (Phi) is 4.90. The lowest BCUT2D eigenvalue weighted by Gasteiger charge is -2.16. The zero-order chi connectivity index (χ0) is 19.7. The SMILES string of the molecule is Cc1ccc(C(=O)N2CC[C@@H](Cc3cc(-c4c(C)noc4C)ncn3)C2)cn1. The fraction of sp³-hybridized carbons (Fsp3) is 0.381. The van der Waals surface area contributed by atoms with E-state index in [-0.39, 0.29) is 5.91 Å². The summed E-state index contributed by atoms with van der Waals surface area (Å²) in [5.74, 6) is 1.19. The number of nitrogens with zero attached hydrogens (tertiary/aromatic N) is 5. The van der Waals surface area contributed by atoms with E-state index >= 15 is 0 Å². The van der Waals surface area contributed by atoms with Gasteiger partial charge in [-0.2, -0.15) is 0 Å². The molecule has 4 rings (SSSR count). The molecule has 1 atom stereocenters. The zero-order valence-electron chi connectivity index (χ0n) is 16.3. The Morgan fingerprint density at radius 1 is 1.21 bits per heavy atom. The minimum atomic E-state index is 0.0501. The molecule has 7 heteroatoms. The maximum Gasteiger partial charge on any atom is 0.255 e. The Labute approximate surface area is 163 Å². The molecule has 3 aromatic heterocycles. The first-order chi connectivity index (χ1) is 13.5. The van der Waals surface area contributed by atoms with Crippen molar-refractivity contribution in [2.75, 3.05) is 13.1 Å². The summed E-state index contributed by atoms with van der Waals surface area (Å²) in [6, 6.07) is 5.72. The number of hydrogen-bond acceptors (Lipinski definition) is 6. The highest BCUT2D eigenvalue weighted by Gasteiger charge is 2.27. The van der Waals surface area contributed by atoms with Crippen molar-refractivity contribution in [2.24, 2.45) is 5.92 Å². The molecule has 28 heavy (non-hydrogen) atoms. The Balaban J connectivity index is 1.44. The molecule has 1 aliphatic heterocycles. The van der Waals surface area contributed by atoms with Gasteiger partial charge in [0, 0.05) is 30.7 Å². The molecule has 1 saturated heterocycles. The Morgan fingerprint density at radius 2 is 2.07 bits per heavy atom. The van der Waals surface area contributed by atoms with Crippen molar-refractivity contribution >= 4 is 5.91 Å². The molecule has 1 fully saturated rings. The van der Waals surface area contributed by atoms with Gasteiger partial charge in [-0.05, 0) is 57.7 Å². The van der Waals surface area contributed by atoms with E-state index in [1.807, 2.05) is 43.9 Å². The van der Waals surface area contributed by atoms with Gasteiger partial charge in [0.1, 0.15) is 12.1 Å². The third-order valence-electron chi connectivity index (χ3n) is 5.24. The Hall–Kier alpha value is -3.09. The summed E-state index contributed by atoms with van der Waals surface area (Å²) in [5, 5.41) is 4.00. The van der Waals surface area contributed by atoms with Crippen LogP contribution in [0.3, 0.4) is 0 Å². The fourth-order valence-electron chi connectivity index (χ4n) is 3.75. The molecule has 4 heterocycles. The minimum Gasteiger partial charge on any atom is -0.361 e. The number of pyridine rings is 1. The van der Waals surface area contributed by atoms with E-state index in [4.69, 9.17) is 4.52 Å². The molecule has 0 saturated carbocycles. The monoisotopic (exact) mass is 377 g/mol. The largest absolute Gasteiger partial charge is 0.361 e. The van der Waals surface area contributed by atoms with Crippen molar-refractivity contribution in [3.8, 4) is 11.3 Å². The number of amides is 1. The van der Waals surface area contributed by atoms with Gasteiger partial charge in [-0.3, -0.25) is 9.78 Å². The summed E-state index contributed by atoms with van der Waals surface area (Å²) in [6.45, 7) is 7.21. The predicted molar refractivity (Wildman–Crippen MR) is 104 cm³/mol. The van der Waals surface area contributed by atoms with Crippen LogP contribution in [0.2, 0.25) is 0 Å². The van der Waals surface area contributed by atoms with E-state index in [2.05, 4.69) is 20.1 Å². The summed E-state index contributed by atoms with van der Waals surface area (Å²) in [6.07, 6.45) is 5.03. The second kappa shape index (κ2) is 7.50. The number of likely N-dealkylation sites (tertiary alicyclic amines) is 1. The molecular weight excluding hydrogens is 354 g/mol. The van der Waals surface area contributed by atoms with Gasteiger partial charge in [0.25, 0.3) is 5.91 Å². The third kappa shape index (κ3) is 3.65. The van der Waals surface area contributed by atoms with Crippen LogP contribution in [0, 0.1) is 26.7 Å². The number of carbonyl (C=O) groups is 1. The summed E-state index contributed by atoms with van der Waals surface area (Å²) in [5.41, 5.74) is 5.12. The lowest BCUT2D eigenvalue weighted by molar-refractivity contribution is 0.0786. The molecule has 0 aliphatic carbocycles. The molecule has 0 aromatic carbocycles. The molecule has 0 spiro atoms. The van der Waals surface area contributed by atoms with Crippen molar-refractivity contribution in [2.45, 2.75) is 33.6 Å². The van der Waals surface area contributed by atoms with Crippen molar-refractivity contribution in [3.05, 3.63) is 59.1 Å². The van der Waals surface area contributed by atoms with Crippen LogP contribution in [0.5, 0.6) is 0 Å². The Bertz CT molecular complexity index is 977. The number of carbonyl (C=O) groups excluding carboxylic acids is 1. The maximum atomic E-state index is 12.7. The van der Waals surface area contributed by atoms with Gasteiger partial charge in [-0.1, -0.05) is 5.16 Å². The van der Waals surface area contributed by atoms with Crippen LogP contribution >= 0.6 is 0 Å². The molecule has 3 aromatic rings. The summed E-state index contributed by atoms with van der Waals surface area (Å²) >= 11 is 0. The summed E-state index contributed by atoms with van der Waals surface area (Å²) < 4.78 is 5.25. The van der Waals surface area contributed by atoms with Crippen molar-refractivity contribution in [1.29, 1.82) is 0 Å². The zero-order valence-corrected chi connectivity index (χ0v) is 16.3. The quantitative estimate of drug-likeness (QED) is 0.694. The highest BCUT2D eigenvalue weighted by molar-refractivity contribution is 5.94. The van der Waals surface area contributed by atoms with Crippen LogP contribution in [0.1, 0.15) is 39.6 Å². The third-order valence-corrected chi connectivity index (χ3v) is 5.24. The first-order valence-corrected chi connectivity index (χ1v) is 9.47. The van der Waals surface area contributed by atoms with Crippen LogP contribution < -0.4 is 0 Å². The highest BCUT2D eigenvalue weighted by Crippen LogP contribution is 2.27. The van der Waals surface area contributed by atoms with Crippen molar-refractivity contribution in [3.63, 3.8) is 0 Å². The van der Waals surface area contributed by atoms with Gasteiger partial charge >= 0.3 is 0 Å². The molecule has 0 radical (unpaired) electrons. The fourth-order valence-corrected chi connectivity index (χ4v) is 3.75. The first kappa shape index (κ1) is 18.3. The van der Waals surface area contributed by atoms with Gasteiger partial charge in [0.15, 0.2) is 0 Å². The lowest BCUT2D eigenvalue weighted by Crippen LogP contribution is -2.29. The second-order valence-electron chi connectivity index (χ2n) is 7.39. The van der Waals surface area contributed by atoms with Crippen molar-refractivity contribution < 1.29 is 9.32 Å². The van der Waals surface area contributed by atoms with E-state index in [0.717, 1.165) is 60.0 Å². The maximum absolute atomic E-state index is 12.7. The van der Waals surface area contributed by atoms with E-state index in [9.17, 15) is 4.79 Å². The van der Waals surface area contributed by atoms with E-state index in [1.54, 1.807) is 12.5 Å². The van der Waals surface area contributed by atoms with E-state index < -0.39 is 0 Å². The van der Waals surface area contributed by atoms with Gasteiger partial charge in [-0.25, -0.2) is 9.97 Å². The predicted octanol–water partition coefficient (Wildman–Crippen LogP) is 3.16. The second-order valence-corrected chi connectivity index (χ2v) is 7.39. The first-order valence-electron chi connectivity index (χ1n) is 9.47. The smallest absolute Gasteiger partial charge is 0.255 e. The van der Waals surface area contributed by atoms with E-state index in [0.29, 0.717) is 11.5 Å². The molecule has 1 amide bonds. The average molecular weight is 377 g/mol. The normalized spacial score (nSPS) is 16.5. The topological polar surface area (TPSA) is 85.0 Å². The molecule has 144 valence electrons. The summed E-state index contributed by atoms with van der Waals surface area (Å²) in [4.78, 5) is 27.6. The number of rotatable bonds is 4. The molecule has 1 aliphatic rings. The van der Waals surface area contributed by atoms with Gasteiger partial charge < -0.3 is 9.42 Å². The van der Waals surface area contributed by atoms with Gasteiger partial charge in [0.05, 0.1) is 22.5 Å². The van der Waals surface area contributed by atoms with Gasteiger partial charge in [0.2, 0.25) is 0 Å². The molecule has 0 N–H and O–H groups in total. The van der Waals surface area contributed by atoms with Gasteiger partial charge in [-0.15, -0.1) is 0 Å². The van der Waals surface area contributed by atoms with Crippen LogP contribution in [-0.4, -0.2) is 44.0 Å². The molecule has 0 unspecified atom stereocenters. The number of aryl methyl sites for hydroxylation is 3. The van der Waals surface area contributed by atoms with Crippen LogP contribution in [-0.2, 0) is 6.42 Å². The number of aromatic nitrogens is 4. The standard InChI is InChI=1S/C21H23N5O2/c1-13-4-5-17(10-22-13)21(27)26-7-6-16(11-26)8-18-9-19(24-12-23-18)20-14(2)25-28-15(20)3/h4-5,9-10,12,16H,6-8,11H2,1-3H3/t16-/m0/s1. The Morgan fingerprint density at radius 3 is 2.79 bits per heavy atom. The van der Waals surface area contributed by atoms with Crippen LogP contribution in [0.4, 0.5) is 0 Å². The molecular formula is C21H23N5O2. The summed E-state index contributed by atoms with van der Waals surface area (Å²) in [7, 11) is 0. The number of hydrogen-bond donors (Lipinski definition) is 0. The van der Waals surface area contributed by atoms with Crippen LogP contribution in [0.15, 0.2) is 35.2 Å². The van der Waals surface area contributed by atoms with E-state index in [1.165, 1.54) is 0 Å². The average Bonchev–Trinajstić information content (AvgIpc) is 3.28.